The van der Waals surface area contributed by atoms with Gasteiger partial charge in [-0.25, -0.2) is 0 Å². The van der Waals surface area contributed by atoms with Crippen molar-refractivity contribution in [3.63, 3.8) is 0 Å². The van der Waals surface area contributed by atoms with Crippen molar-refractivity contribution < 1.29 is 4.74 Å². The number of hydrogen-bond acceptors (Lipinski definition) is 2. The second kappa shape index (κ2) is 13.9. The zero-order valence-corrected chi connectivity index (χ0v) is 15.4. The number of aliphatic imine (C=N–C) groups is 1. The highest BCUT2D eigenvalue weighted by Crippen LogP contribution is 2.28. The van der Waals surface area contributed by atoms with Gasteiger partial charge in [0, 0.05) is 26.2 Å². The van der Waals surface area contributed by atoms with Crippen molar-refractivity contribution in [3.05, 3.63) is 0 Å². The van der Waals surface area contributed by atoms with Gasteiger partial charge < -0.3 is 15.4 Å². The fraction of sp³-hybridized carbons (Fsp3) is 0.933. The Morgan fingerprint density at radius 1 is 1.20 bits per heavy atom. The van der Waals surface area contributed by atoms with Crippen LogP contribution in [-0.4, -0.2) is 38.8 Å². The fourth-order valence-electron chi connectivity index (χ4n) is 2.60. The molecule has 0 unspecified atom stereocenters. The van der Waals surface area contributed by atoms with Crippen LogP contribution < -0.4 is 10.6 Å². The molecular formula is C15H32IN3O. The van der Waals surface area contributed by atoms with E-state index in [-0.39, 0.29) is 24.0 Å². The third-order valence-corrected chi connectivity index (χ3v) is 3.60. The van der Waals surface area contributed by atoms with E-state index in [0.29, 0.717) is 0 Å². The van der Waals surface area contributed by atoms with Gasteiger partial charge in [-0.2, -0.15) is 0 Å². The Morgan fingerprint density at radius 3 is 2.60 bits per heavy atom. The molecule has 0 bridgehead atoms. The molecule has 1 fully saturated rings. The molecule has 20 heavy (non-hydrogen) atoms. The molecule has 0 atom stereocenters. The molecule has 4 nitrogen and oxygen atoms in total. The van der Waals surface area contributed by atoms with Gasteiger partial charge in [0.2, 0.25) is 0 Å². The molecule has 0 aliphatic heterocycles. The first-order valence-corrected chi connectivity index (χ1v) is 7.96. The quantitative estimate of drug-likeness (QED) is 0.272. The largest absolute Gasteiger partial charge is 0.380 e. The van der Waals surface area contributed by atoms with Crippen LogP contribution in [0.5, 0.6) is 0 Å². The Morgan fingerprint density at radius 2 is 1.95 bits per heavy atom. The van der Waals surface area contributed by atoms with Crippen molar-refractivity contribution in [3.8, 4) is 0 Å². The maximum Gasteiger partial charge on any atom is 0.191 e. The normalized spacial score (nSPS) is 16.0. The van der Waals surface area contributed by atoms with Gasteiger partial charge in [-0.15, -0.1) is 24.0 Å². The lowest BCUT2D eigenvalue weighted by molar-refractivity contribution is 0.152. The van der Waals surface area contributed by atoms with Crippen LogP contribution in [0.2, 0.25) is 0 Å². The van der Waals surface area contributed by atoms with Crippen LogP contribution in [0.1, 0.15) is 52.4 Å². The lowest BCUT2D eigenvalue weighted by Gasteiger charge is -2.11. The monoisotopic (exact) mass is 397 g/mol. The SMILES string of the molecule is CCNC(=NCCCC1CCCC1)NCCOCC.I. The molecule has 0 amide bonds. The molecule has 120 valence electrons. The van der Waals surface area contributed by atoms with Gasteiger partial charge in [0.05, 0.1) is 6.61 Å². The molecule has 1 aliphatic rings. The summed E-state index contributed by atoms with van der Waals surface area (Å²) in [5.74, 6) is 1.90. The van der Waals surface area contributed by atoms with Gasteiger partial charge in [0.25, 0.3) is 0 Å². The summed E-state index contributed by atoms with van der Waals surface area (Å²) >= 11 is 0. The van der Waals surface area contributed by atoms with Crippen LogP contribution in [0.25, 0.3) is 0 Å². The second-order valence-corrected chi connectivity index (χ2v) is 5.18. The summed E-state index contributed by atoms with van der Waals surface area (Å²) in [4.78, 5) is 4.61. The molecule has 1 rings (SSSR count). The molecule has 0 aromatic rings. The highest BCUT2D eigenvalue weighted by atomic mass is 127. The topological polar surface area (TPSA) is 45.7 Å². The van der Waals surface area contributed by atoms with Gasteiger partial charge in [-0.1, -0.05) is 25.7 Å². The molecule has 0 aromatic heterocycles. The number of rotatable bonds is 9. The van der Waals surface area contributed by atoms with E-state index in [2.05, 4.69) is 22.5 Å². The van der Waals surface area contributed by atoms with Crippen molar-refractivity contribution in [2.24, 2.45) is 10.9 Å². The van der Waals surface area contributed by atoms with Crippen molar-refractivity contribution in [2.45, 2.75) is 52.4 Å². The molecule has 0 saturated heterocycles. The van der Waals surface area contributed by atoms with Gasteiger partial charge in [0.1, 0.15) is 0 Å². The van der Waals surface area contributed by atoms with E-state index in [1.165, 1.54) is 38.5 Å². The first-order chi connectivity index (χ1) is 9.36. The molecule has 0 aromatic carbocycles. The highest BCUT2D eigenvalue weighted by Gasteiger charge is 2.13. The number of nitrogens with one attached hydrogen (secondary N) is 2. The van der Waals surface area contributed by atoms with Gasteiger partial charge >= 0.3 is 0 Å². The first kappa shape index (κ1) is 20.0. The zero-order chi connectivity index (χ0) is 13.8. The smallest absolute Gasteiger partial charge is 0.191 e. The predicted octanol–water partition coefficient (Wildman–Crippen LogP) is 3.17. The van der Waals surface area contributed by atoms with Crippen molar-refractivity contribution in [1.82, 2.24) is 10.6 Å². The number of halogens is 1. The summed E-state index contributed by atoms with van der Waals surface area (Å²) in [5, 5.41) is 6.57. The lowest BCUT2D eigenvalue weighted by atomic mass is 10.0. The minimum atomic E-state index is 0. The van der Waals surface area contributed by atoms with Crippen molar-refractivity contribution in [1.29, 1.82) is 0 Å². The number of ether oxygens (including phenoxy) is 1. The van der Waals surface area contributed by atoms with Crippen molar-refractivity contribution in [2.75, 3.05) is 32.8 Å². The number of hydrogen-bond donors (Lipinski definition) is 2. The minimum absolute atomic E-state index is 0. The lowest BCUT2D eigenvalue weighted by Crippen LogP contribution is -2.39. The first-order valence-electron chi connectivity index (χ1n) is 7.96. The van der Waals surface area contributed by atoms with E-state index < -0.39 is 0 Å². The summed E-state index contributed by atoms with van der Waals surface area (Å²) in [5.41, 5.74) is 0. The molecule has 2 N–H and O–H groups in total. The summed E-state index contributed by atoms with van der Waals surface area (Å²) in [6.45, 7) is 8.28. The molecule has 0 spiro atoms. The van der Waals surface area contributed by atoms with Gasteiger partial charge in [-0.3, -0.25) is 4.99 Å². The van der Waals surface area contributed by atoms with E-state index in [9.17, 15) is 0 Å². The van der Waals surface area contributed by atoms with E-state index in [1.807, 2.05) is 6.92 Å². The molecule has 5 heteroatoms. The van der Waals surface area contributed by atoms with Crippen LogP contribution in [0.3, 0.4) is 0 Å². The van der Waals surface area contributed by atoms with E-state index in [4.69, 9.17) is 4.74 Å². The third-order valence-electron chi connectivity index (χ3n) is 3.60. The van der Waals surface area contributed by atoms with Crippen LogP contribution in [-0.2, 0) is 4.74 Å². The standard InChI is InChI=1S/C15H31N3O.HI/c1-3-16-15(18-12-13-19-4-2)17-11-7-10-14-8-5-6-9-14;/h14H,3-13H2,1-2H3,(H2,16,17,18);1H. The zero-order valence-electron chi connectivity index (χ0n) is 13.1. The van der Waals surface area contributed by atoms with Crippen LogP contribution >= 0.6 is 24.0 Å². The highest BCUT2D eigenvalue weighted by molar-refractivity contribution is 14.0. The average Bonchev–Trinajstić information content (AvgIpc) is 2.92. The molecule has 1 aliphatic carbocycles. The van der Waals surface area contributed by atoms with Gasteiger partial charge in [-0.05, 0) is 32.6 Å². The summed E-state index contributed by atoms with van der Waals surface area (Å²) in [6, 6.07) is 0. The Kier molecular flexibility index (Phi) is 13.9. The molecule has 1 saturated carbocycles. The van der Waals surface area contributed by atoms with Gasteiger partial charge in [0.15, 0.2) is 5.96 Å². The van der Waals surface area contributed by atoms with Crippen LogP contribution in [0.4, 0.5) is 0 Å². The fourth-order valence-corrected chi connectivity index (χ4v) is 2.60. The summed E-state index contributed by atoms with van der Waals surface area (Å²) in [7, 11) is 0. The summed E-state index contributed by atoms with van der Waals surface area (Å²) in [6.07, 6.45) is 8.33. The molecule has 0 heterocycles. The van der Waals surface area contributed by atoms with E-state index in [1.54, 1.807) is 0 Å². The predicted molar refractivity (Wildman–Crippen MR) is 97.1 cm³/mol. The minimum Gasteiger partial charge on any atom is -0.380 e. The van der Waals surface area contributed by atoms with E-state index in [0.717, 1.165) is 44.7 Å². The average molecular weight is 397 g/mol. The van der Waals surface area contributed by atoms with E-state index >= 15 is 0 Å². The maximum absolute atomic E-state index is 5.31. The van der Waals surface area contributed by atoms with Crippen LogP contribution in [0, 0.1) is 5.92 Å². The van der Waals surface area contributed by atoms with Crippen molar-refractivity contribution >= 4 is 29.9 Å². The molecule has 0 radical (unpaired) electrons. The molecular weight excluding hydrogens is 365 g/mol. The Bertz CT molecular complexity index is 243. The maximum atomic E-state index is 5.31. The summed E-state index contributed by atoms with van der Waals surface area (Å²) < 4.78 is 5.31. The Labute approximate surface area is 141 Å². The Balaban J connectivity index is 0.00000361. The number of nitrogens with zero attached hydrogens (tertiary/aromatic N) is 1. The Hall–Kier alpha value is -0.0400. The number of guanidine groups is 1. The third kappa shape index (κ3) is 9.80. The second-order valence-electron chi connectivity index (χ2n) is 5.18. The van der Waals surface area contributed by atoms with Crippen LogP contribution in [0.15, 0.2) is 4.99 Å².